The van der Waals surface area contributed by atoms with E-state index in [0.29, 0.717) is 16.3 Å². The molecule has 0 fully saturated rings. The van der Waals surface area contributed by atoms with Crippen molar-refractivity contribution in [2.75, 3.05) is 0 Å². The van der Waals surface area contributed by atoms with E-state index in [0.717, 1.165) is 0 Å². The van der Waals surface area contributed by atoms with Gasteiger partial charge in [-0.3, -0.25) is 4.79 Å². The van der Waals surface area contributed by atoms with E-state index in [4.69, 9.17) is 16.9 Å². The highest BCUT2D eigenvalue weighted by Crippen LogP contribution is 2.11. The maximum atomic E-state index is 12.0. The normalized spacial score (nSPS) is 9.94. The Labute approximate surface area is 103 Å². The molecular formula is C12H8ClN3O. The van der Waals surface area contributed by atoms with Crippen LogP contribution in [0.1, 0.15) is 11.1 Å². The van der Waals surface area contributed by atoms with Gasteiger partial charge >= 0.3 is 0 Å². The molecule has 1 heterocycles. The average Bonchev–Trinajstić information content (AvgIpc) is 2.31. The third-order valence-corrected chi connectivity index (χ3v) is 2.60. The molecule has 0 N–H and O–H groups in total. The zero-order valence-corrected chi connectivity index (χ0v) is 9.77. The lowest BCUT2D eigenvalue weighted by molar-refractivity contribution is 0.796. The van der Waals surface area contributed by atoms with Crippen LogP contribution in [0.2, 0.25) is 5.02 Å². The highest BCUT2D eigenvalue weighted by molar-refractivity contribution is 6.30. The van der Waals surface area contributed by atoms with Crippen molar-refractivity contribution in [3.05, 3.63) is 57.0 Å². The van der Waals surface area contributed by atoms with E-state index in [1.165, 1.54) is 10.9 Å². The summed E-state index contributed by atoms with van der Waals surface area (Å²) in [6, 6.07) is 8.56. The van der Waals surface area contributed by atoms with Gasteiger partial charge in [0.1, 0.15) is 11.6 Å². The summed E-state index contributed by atoms with van der Waals surface area (Å²) >= 11 is 5.76. The van der Waals surface area contributed by atoms with Gasteiger partial charge in [-0.2, -0.15) is 15.0 Å². The summed E-state index contributed by atoms with van der Waals surface area (Å²) in [6.45, 7) is 1.68. The maximum Gasteiger partial charge on any atom is 0.289 e. The summed E-state index contributed by atoms with van der Waals surface area (Å²) in [4.78, 5) is 12.0. The van der Waals surface area contributed by atoms with Crippen molar-refractivity contribution < 1.29 is 0 Å². The molecule has 0 aliphatic heterocycles. The second-order valence-corrected chi connectivity index (χ2v) is 3.94. The molecule has 0 aliphatic carbocycles. The fourth-order valence-electron chi connectivity index (χ4n) is 1.44. The largest absolute Gasteiger partial charge is 0.289 e. The molecule has 0 spiro atoms. The van der Waals surface area contributed by atoms with E-state index in [1.54, 1.807) is 31.2 Å². The molecule has 0 atom stereocenters. The lowest BCUT2D eigenvalue weighted by Gasteiger charge is -2.05. The van der Waals surface area contributed by atoms with Crippen LogP contribution in [-0.2, 0) is 0 Å². The number of hydrogen-bond donors (Lipinski definition) is 0. The van der Waals surface area contributed by atoms with E-state index in [9.17, 15) is 4.79 Å². The van der Waals surface area contributed by atoms with Crippen LogP contribution in [0.25, 0.3) is 5.69 Å². The molecule has 0 radical (unpaired) electrons. The number of nitriles is 1. The van der Waals surface area contributed by atoms with Gasteiger partial charge in [-0.05, 0) is 36.8 Å². The zero-order chi connectivity index (χ0) is 12.4. The minimum absolute atomic E-state index is 0.106. The minimum Gasteiger partial charge on any atom is -0.266 e. The Morgan fingerprint density at radius 3 is 2.59 bits per heavy atom. The molecule has 4 nitrogen and oxygen atoms in total. The lowest BCUT2D eigenvalue weighted by Crippen LogP contribution is -2.24. The molecule has 0 bridgehead atoms. The summed E-state index contributed by atoms with van der Waals surface area (Å²) in [5.74, 6) is 0. The fraction of sp³-hybridized carbons (Fsp3) is 0.0833. The molecular weight excluding hydrogens is 238 g/mol. The van der Waals surface area contributed by atoms with Gasteiger partial charge in [0.25, 0.3) is 5.56 Å². The summed E-state index contributed by atoms with van der Waals surface area (Å²) in [5.41, 5.74) is 0.836. The van der Waals surface area contributed by atoms with Gasteiger partial charge in [0.15, 0.2) is 0 Å². The third kappa shape index (κ3) is 2.05. The van der Waals surface area contributed by atoms with Crippen LogP contribution in [0.4, 0.5) is 0 Å². The SMILES string of the molecule is Cc1cnn(-c2ccc(Cl)cc2)c(=O)c1C#N. The Morgan fingerprint density at radius 1 is 1.35 bits per heavy atom. The molecule has 2 aromatic rings. The number of nitrogens with zero attached hydrogens (tertiary/aromatic N) is 3. The van der Waals surface area contributed by atoms with E-state index in [-0.39, 0.29) is 5.56 Å². The van der Waals surface area contributed by atoms with Gasteiger partial charge in [-0.1, -0.05) is 11.6 Å². The Bertz CT molecular complexity index is 653. The molecule has 0 aliphatic rings. The van der Waals surface area contributed by atoms with E-state index < -0.39 is 5.56 Å². The average molecular weight is 246 g/mol. The molecule has 2 rings (SSSR count). The first-order valence-electron chi connectivity index (χ1n) is 4.88. The van der Waals surface area contributed by atoms with Crippen LogP contribution < -0.4 is 5.56 Å². The summed E-state index contributed by atoms with van der Waals surface area (Å²) in [6.07, 6.45) is 1.49. The number of rotatable bonds is 1. The Morgan fingerprint density at radius 2 is 2.00 bits per heavy atom. The fourth-order valence-corrected chi connectivity index (χ4v) is 1.56. The van der Waals surface area contributed by atoms with Crippen LogP contribution in [0, 0.1) is 18.3 Å². The van der Waals surface area contributed by atoms with Crippen molar-refractivity contribution in [2.24, 2.45) is 0 Å². The number of benzene rings is 1. The second-order valence-electron chi connectivity index (χ2n) is 3.51. The monoisotopic (exact) mass is 245 g/mol. The Balaban J connectivity index is 2.66. The van der Waals surface area contributed by atoms with Crippen molar-refractivity contribution >= 4 is 11.6 Å². The van der Waals surface area contributed by atoms with Gasteiger partial charge in [0.2, 0.25) is 0 Å². The summed E-state index contributed by atoms with van der Waals surface area (Å²) in [5, 5.41) is 13.5. The van der Waals surface area contributed by atoms with Crippen LogP contribution in [0.15, 0.2) is 35.3 Å². The van der Waals surface area contributed by atoms with E-state index >= 15 is 0 Å². The van der Waals surface area contributed by atoms with Crippen LogP contribution in [-0.4, -0.2) is 9.78 Å². The first kappa shape index (κ1) is 11.4. The van der Waals surface area contributed by atoms with Crippen molar-refractivity contribution in [3.8, 4) is 11.8 Å². The quantitative estimate of drug-likeness (QED) is 0.773. The Hall–Kier alpha value is -2.12. The molecule has 17 heavy (non-hydrogen) atoms. The molecule has 0 amide bonds. The number of aryl methyl sites for hydroxylation is 1. The summed E-state index contributed by atoms with van der Waals surface area (Å²) in [7, 11) is 0. The van der Waals surface area contributed by atoms with Crippen molar-refractivity contribution in [3.63, 3.8) is 0 Å². The predicted molar refractivity (Wildman–Crippen MR) is 64.3 cm³/mol. The zero-order valence-electron chi connectivity index (χ0n) is 9.01. The standard InChI is InChI=1S/C12H8ClN3O/c1-8-7-15-16(12(17)11(8)6-14)10-4-2-9(13)3-5-10/h2-5,7H,1H3. The molecule has 0 unspecified atom stereocenters. The van der Waals surface area contributed by atoms with E-state index in [1.807, 2.05) is 6.07 Å². The minimum atomic E-state index is -0.421. The van der Waals surface area contributed by atoms with Gasteiger partial charge in [-0.15, -0.1) is 0 Å². The number of aromatic nitrogens is 2. The van der Waals surface area contributed by atoms with Crippen molar-refractivity contribution in [2.45, 2.75) is 6.92 Å². The van der Waals surface area contributed by atoms with Gasteiger partial charge in [-0.25, -0.2) is 0 Å². The van der Waals surface area contributed by atoms with Gasteiger partial charge < -0.3 is 0 Å². The number of halogens is 1. The van der Waals surface area contributed by atoms with Crippen LogP contribution in [0.5, 0.6) is 0 Å². The highest BCUT2D eigenvalue weighted by atomic mass is 35.5. The number of hydrogen-bond acceptors (Lipinski definition) is 3. The van der Waals surface area contributed by atoms with Crippen LogP contribution in [0.3, 0.4) is 0 Å². The van der Waals surface area contributed by atoms with Gasteiger partial charge in [0.05, 0.1) is 11.9 Å². The van der Waals surface area contributed by atoms with Crippen LogP contribution >= 0.6 is 11.6 Å². The first-order chi connectivity index (χ1) is 8.13. The molecule has 0 saturated heterocycles. The molecule has 1 aromatic heterocycles. The molecule has 1 aromatic carbocycles. The Kier molecular flexibility index (Phi) is 2.94. The maximum absolute atomic E-state index is 12.0. The van der Waals surface area contributed by atoms with Gasteiger partial charge in [0, 0.05) is 5.02 Å². The molecule has 84 valence electrons. The van der Waals surface area contributed by atoms with Crippen molar-refractivity contribution in [1.82, 2.24) is 9.78 Å². The highest BCUT2D eigenvalue weighted by Gasteiger charge is 2.08. The first-order valence-corrected chi connectivity index (χ1v) is 5.26. The van der Waals surface area contributed by atoms with Crippen molar-refractivity contribution in [1.29, 1.82) is 5.26 Å². The molecule has 0 saturated carbocycles. The summed E-state index contributed by atoms with van der Waals surface area (Å²) < 4.78 is 1.18. The van der Waals surface area contributed by atoms with E-state index in [2.05, 4.69) is 5.10 Å². The predicted octanol–water partition coefficient (Wildman–Crippen LogP) is 2.07. The lowest BCUT2D eigenvalue weighted by atomic mass is 10.2. The smallest absolute Gasteiger partial charge is 0.266 e. The molecule has 5 heteroatoms. The third-order valence-electron chi connectivity index (χ3n) is 2.35. The second kappa shape index (κ2) is 4.40. The topological polar surface area (TPSA) is 58.7 Å².